The number of halogens is 4. The Labute approximate surface area is 193 Å². The lowest BCUT2D eigenvalue weighted by atomic mass is 10.1. The highest BCUT2D eigenvalue weighted by molar-refractivity contribution is 7.89. The fourth-order valence-corrected chi connectivity index (χ4v) is 5.10. The number of anilines is 1. The van der Waals surface area contributed by atoms with Crippen LogP contribution in [0.25, 0.3) is 0 Å². The standard InChI is InChI=1S/C19H21ClF3N5O4S/c20-16-2-1-14(9-24-16)33(29,30)28-6-3-12(4-7-28)26-18-25-10-15(19(21,22)23)17(27-18)32-13-5-8-31-11-13/h1-2,9-10,12-13H,3-8,11H2,(H,25,26,27)/t13-/m0/s1. The van der Waals surface area contributed by atoms with Crippen molar-refractivity contribution in [2.24, 2.45) is 0 Å². The van der Waals surface area contributed by atoms with Gasteiger partial charge in [-0.2, -0.15) is 22.5 Å². The third-order valence-corrected chi connectivity index (χ3v) is 7.46. The fraction of sp³-hybridized carbons (Fsp3) is 0.526. The topological polar surface area (TPSA) is 107 Å². The van der Waals surface area contributed by atoms with Crippen molar-refractivity contribution in [3.8, 4) is 5.88 Å². The number of rotatable bonds is 6. The highest BCUT2D eigenvalue weighted by atomic mass is 35.5. The first-order valence-corrected chi connectivity index (χ1v) is 12.0. The Morgan fingerprint density at radius 3 is 2.52 bits per heavy atom. The van der Waals surface area contributed by atoms with Gasteiger partial charge in [0.25, 0.3) is 0 Å². The molecule has 2 aliphatic heterocycles. The SMILES string of the molecule is O=S(=O)(c1ccc(Cl)nc1)N1CCC(Nc2ncc(C(F)(F)F)c(O[C@H]3CCOC3)n2)CC1. The van der Waals surface area contributed by atoms with Crippen LogP contribution in [0.5, 0.6) is 5.88 Å². The maximum absolute atomic E-state index is 13.3. The van der Waals surface area contributed by atoms with Crippen LogP contribution in [0.4, 0.5) is 19.1 Å². The number of alkyl halides is 3. The predicted molar refractivity (Wildman–Crippen MR) is 112 cm³/mol. The Bertz CT molecular complexity index is 1070. The first kappa shape index (κ1) is 23.9. The molecule has 0 amide bonds. The molecule has 0 saturated carbocycles. The van der Waals surface area contributed by atoms with Crippen LogP contribution < -0.4 is 10.1 Å². The van der Waals surface area contributed by atoms with E-state index in [9.17, 15) is 21.6 Å². The number of ether oxygens (including phenoxy) is 2. The molecule has 180 valence electrons. The van der Waals surface area contributed by atoms with Gasteiger partial charge in [-0.15, -0.1) is 0 Å². The average Bonchev–Trinajstić information content (AvgIpc) is 3.27. The second kappa shape index (κ2) is 9.57. The van der Waals surface area contributed by atoms with Gasteiger partial charge in [0, 0.05) is 37.9 Å². The number of hydrogen-bond donors (Lipinski definition) is 1. The number of nitrogens with one attached hydrogen (secondary N) is 1. The second-order valence-electron chi connectivity index (χ2n) is 7.65. The van der Waals surface area contributed by atoms with E-state index in [2.05, 4.69) is 20.3 Å². The lowest BCUT2D eigenvalue weighted by molar-refractivity contribution is -0.139. The highest BCUT2D eigenvalue weighted by Crippen LogP contribution is 2.36. The smallest absolute Gasteiger partial charge is 0.423 e. The van der Waals surface area contributed by atoms with E-state index in [1.54, 1.807) is 0 Å². The van der Waals surface area contributed by atoms with E-state index < -0.39 is 33.7 Å². The van der Waals surface area contributed by atoms with Gasteiger partial charge in [-0.05, 0) is 25.0 Å². The molecule has 2 saturated heterocycles. The summed E-state index contributed by atoms with van der Waals surface area (Å²) in [6.45, 7) is 1.04. The number of nitrogens with zero attached hydrogens (tertiary/aromatic N) is 4. The van der Waals surface area contributed by atoms with Crippen LogP contribution in [-0.2, 0) is 20.9 Å². The molecule has 33 heavy (non-hydrogen) atoms. The molecule has 0 unspecified atom stereocenters. The summed E-state index contributed by atoms with van der Waals surface area (Å²) in [7, 11) is -3.72. The van der Waals surface area contributed by atoms with Crippen molar-refractivity contribution < 1.29 is 31.1 Å². The van der Waals surface area contributed by atoms with E-state index in [-0.39, 0.29) is 41.7 Å². The Morgan fingerprint density at radius 2 is 1.91 bits per heavy atom. The first-order valence-electron chi connectivity index (χ1n) is 10.2. The van der Waals surface area contributed by atoms with Gasteiger partial charge in [-0.25, -0.2) is 18.4 Å². The van der Waals surface area contributed by atoms with Crippen molar-refractivity contribution in [3.05, 3.63) is 35.2 Å². The van der Waals surface area contributed by atoms with Gasteiger partial charge >= 0.3 is 6.18 Å². The molecule has 2 aliphatic rings. The van der Waals surface area contributed by atoms with Crippen LogP contribution in [-0.4, -0.2) is 66.1 Å². The summed E-state index contributed by atoms with van der Waals surface area (Å²) in [5.41, 5.74) is -1.06. The van der Waals surface area contributed by atoms with Crippen LogP contribution >= 0.6 is 11.6 Å². The van der Waals surface area contributed by atoms with Crippen molar-refractivity contribution in [2.75, 3.05) is 31.6 Å². The van der Waals surface area contributed by atoms with Crippen molar-refractivity contribution in [1.82, 2.24) is 19.3 Å². The molecule has 0 spiro atoms. The molecule has 4 rings (SSSR count). The van der Waals surface area contributed by atoms with Crippen molar-refractivity contribution in [2.45, 2.75) is 42.5 Å². The second-order valence-corrected chi connectivity index (χ2v) is 9.98. The number of piperidine rings is 1. The number of pyridine rings is 1. The van der Waals surface area contributed by atoms with Crippen molar-refractivity contribution in [3.63, 3.8) is 0 Å². The van der Waals surface area contributed by atoms with Crippen LogP contribution in [0.1, 0.15) is 24.8 Å². The van der Waals surface area contributed by atoms with Crippen molar-refractivity contribution >= 4 is 27.6 Å². The molecule has 1 atom stereocenters. The maximum atomic E-state index is 13.3. The maximum Gasteiger partial charge on any atom is 0.423 e. The van der Waals surface area contributed by atoms with Crippen LogP contribution in [0.3, 0.4) is 0 Å². The number of sulfonamides is 1. The lowest BCUT2D eigenvalue weighted by Crippen LogP contribution is -2.42. The van der Waals surface area contributed by atoms with E-state index in [1.807, 2.05) is 0 Å². The molecule has 4 heterocycles. The summed E-state index contributed by atoms with van der Waals surface area (Å²) in [6.07, 6.45) is -1.98. The van der Waals surface area contributed by atoms with E-state index in [4.69, 9.17) is 21.1 Å². The minimum absolute atomic E-state index is 0.0138. The molecule has 1 N–H and O–H groups in total. The van der Waals surface area contributed by atoms with Gasteiger partial charge < -0.3 is 14.8 Å². The van der Waals surface area contributed by atoms with Gasteiger partial charge in [0.05, 0.1) is 13.2 Å². The van der Waals surface area contributed by atoms with Gasteiger partial charge in [0.2, 0.25) is 21.9 Å². The zero-order valence-electron chi connectivity index (χ0n) is 17.3. The third kappa shape index (κ3) is 5.65. The monoisotopic (exact) mass is 507 g/mol. The zero-order valence-corrected chi connectivity index (χ0v) is 18.8. The summed E-state index contributed by atoms with van der Waals surface area (Å²) in [5.74, 6) is -0.564. The van der Waals surface area contributed by atoms with E-state index in [0.717, 1.165) is 0 Å². The minimum Gasteiger partial charge on any atom is -0.471 e. The summed E-state index contributed by atoms with van der Waals surface area (Å²) in [4.78, 5) is 11.6. The lowest BCUT2D eigenvalue weighted by Gasteiger charge is -2.31. The summed E-state index contributed by atoms with van der Waals surface area (Å²) < 4.78 is 77.5. The number of aromatic nitrogens is 3. The Balaban J connectivity index is 1.42. The first-order chi connectivity index (χ1) is 15.6. The molecule has 0 aliphatic carbocycles. The summed E-state index contributed by atoms with van der Waals surface area (Å²) >= 11 is 5.72. The average molecular weight is 508 g/mol. The molecule has 2 fully saturated rings. The Hall–Kier alpha value is -2.22. The van der Waals surface area contributed by atoms with E-state index in [0.29, 0.717) is 32.1 Å². The highest BCUT2D eigenvalue weighted by Gasteiger charge is 2.38. The van der Waals surface area contributed by atoms with Crippen LogP contribution in [0.15, 0.2) is 29.4 Å². The van der Waals surface area contributed by atoms with Gasteiger partial charge in [0.1, 0.15) is 21.7 Å². The summed E-state index contributed by atoms with van der Waals surface area (Å²) in [5, 5.41) is 3.18. The molecular weight excluding hydrogens is 487 g/mol. The van der Waals surface area contributed by atoms with Crippen LogP contribution in [0.2, 0.25) is 5.15 Å². The minimum atomic E-state index is -4.66. The third-order valence-electron chi connectivity index (χ3n) is 5.35. The predicted octanol–water partition coefficient (Wildman–Crippen LogP) is 2.98. The van der Waals surface area contributed by atoms with E-state index >= 15 is 0 Å². The largest absolute Gasteiger partial charge is 0.471 e. The van der Waals surface area contributed by atoms with Gasteiger partial charge in [-0.3, -0.25) is 0 Å². The number of hydrogen-bond acceptors (Lipinski definition) is 8. The molecule has 14 heteroatoms. The molecule has 0 aromatic carbocycles. The Kier molecular flexibility index (Phi) is 6.93. The fourth-order valence-electron chi connectivity index (χ4n) is 3.57. The normalized spacial score (nSPS) is 20.7. The zero-order chi connectivity index (χ0) is 23.6. The van der Waals surface area contributed by atoms with Gasteiger partial charge in [0.15, 0.2) is 0 Å². The molecular formula is C19H21ClF3N5O4S. The van der Waals surface area contributed by atoms with Gasteiger partial charge in [-0.1, -0.05) is 11.6 Å². The quantitative estimate of drug-likeness (QED) is 0.595. The summed E-state index contributed by atoms with van der Waals surface area (Å²) in [6, 6.07) is 2.57. The molecule has 2 aromatic rings. The van der Waals surface area contributed by atoms with E-state index in [1.165, 1.54) is 22.6 Å². The van der Waals surface area contributed by atoms with Crippen LogP contribution in [0, 0.1) is 0 Å². The molecule has 9 nitrogen and oxygen atoms in total. The molecule has 0 bridgehead atoms. The van der Waals surface area contributed by atoms with Crippen molar-refractivity contribution in [1.29, 1.82) is 0 Å². The Morgan fingerprint density at radius 1 is 1.15 bits per heavy atom. The molecule has 0 radical (unpaired) electrons. The molecule has 2 aromatic heterocycles.